The number of hydrogen-bond acceptors (Lipinski definition) is 3. The molecule has 0 radical (unpaired) electrons. The van der Waals surface area contributed by atoms with Gasteiger partial charge in [-0.1, -0.05) is 49.4 Å². The van der Waals surface area contributed by atoms with Gasteiger partial charge in [0, 0.05) is 13.0 Å². The van der Waals surface area contributed by atoms with Gasteiger partial charge in [0.1, 0.15) is 11.5 Å². The first kappa shape index (κ1) is 20.7. The van der Waals surface area contributed by atoms with Crippen molar-refractivity contribution in [3.63, 3.8) is 0 Å². The third-order valence-corrected chi connectivity index (χ3v) is 5.24. The van der Waals surface area contributed by atoms with Gasteiger partial charge in [-0.15, -0.1) is 0 Å². The lowest BCUT2D eigenvalue weighted by Crippen LogP contribution is -2.31. The van der Waals surface area contributed by atoms with Crippen molar-refractivity contribution in [2.45, 2.75) is 38.6 Å². The first-order valence-corrected chi connectivity index (χ1v) is 10.2. The number of furan rings is 1. The Morgan fingerprint density at radius 3 is 2.41 bits per heavy atom. The summed E-state index contributed by atoms with van der Waals surface area (Å²) in [7, 11) is 1.68. The van der Waals surface area contributed by atoms with Gasteiger partial charge in [-0.05, 0) is 54.2 Å². The van der Waals surface area contributed by atoms with Crippen LogP contribution < -0.4 is 4.74 Å². The number of carbonyl (C=O) groups is 1. The van der Waals surface area contributed by atoms with Crippen LogP contribution in [0.3, 0.4) is 0 Å². The van der Waals surface area contributed by atoms with E-state index in [0.717, 1.165) is 24.4 Å². The highest BCUT2D eigenvalue weighted by Crippen LogP contribution is 2.27. The van der Waals surface area contributed by atoms with Gasteiger partial charge >= 0.3 is 0 Å². The van der Waals surface area contributed by atoms with Crippen molar-refractivity contribution in [1.29, 1.82) is 0 Å². The van der Waals surface area contributed by atoms with Gasteiger partial charge in [0.25, 0.3) is 0 Å². The molecule has 0 aliphatic carbocycles. The summed E-state index contributed by atoms with van der Waals surface area (Å²) in [4.78, 5) is 14.4. The van der Waals surface area contributed by atoms with Crippen molar-refractivity contribution < 1.29 is 13.9 Å². The van der Waals surface area contributed by atoms with E-state index in [9.17, 15) is 4.79 Å². The number of benzene rings is 2. The summed E-state index contributed by atoms with van der Waals surface area (Å²) >= 11 is 0. The Balaban J connectivity index is 1.75. The molecular weight excluding hydrogens is 362 g/mol. The molecule has 4 heteroatoms. The molecule has 0 saturated heterocycles. The summed E-state index contributed by atoms with van der Waals surface area (Å²) in [6, 6.07) is 22.6. The summed E-state index contributed by atoms with van der Waals surface area (Å²) in [5.41, 5.74) is 2.56. The van der Waals surface area contributed by atoms with Gasteiger partial charge < -0.3 is 14.1 Å². The second kappa shape index (κ2) is 10.5. The van der Waals surface area contributed by atoms with Crippen LogP contribution in [0.25, 0.3) is 0 Å². The number of hydrogen-bond donors (Lipinski definition) is 0. The lowest BCUT2D eigenvalue weighted by atomic mass is 9.89. The highest BCUT2D eigenvalue weighted by molar-refractivity contribution is 5.75. The van der Waals surface area contributed by atoms with Crippen LogP contribution in [0.1, 0.15) is 42.6 Å². The SMILES string of the molecule is CCC(=O)N(CC[C@H](Cc1ccccc1)c1ccc(OC)cc1)Cc1ccco1. The van der Waals surface area contributed by atoms with E-state index in [0.29, 0.717) is 25.4 Å². The molecule has 0 saturated carbocycles. The fraction of sp³-hybridized carbons (Fsp3) is 0.320. The van der Waals surface area contributed by atoms with Gasteiger partial charge in [-0.25, -0.2) is 0 Å². The van der Waals surface area contributed by atoms with Crippen LogP contribution in [0.4, 0.5) is 0 Å². The topological polar surface area (TPSA) is 42.7 Å². The van der Waals surface area contributed by atoms with E-state index in [1.165, 1.54) is 11.1 Å². The van der Waals surface area contributed by atoms with Crippen LogP contribution in [0.15, 0.2) is 77.4 Å². The zero-order valence-corrected chi connectivity index (χ0v) is 17.2. The number of rotatable bonds is 10. The molecule has 1 atom stereocenters. The molecule has 2 aromatic carbocycles. The molecule has 0 spiro atoms. The minimum absolute atomic E-state index is 0.148. The van der Waals surface area contributed by atoms with E-state index in [1.54, 1.807) is 13.4 Å². The molecule has 0 aliphatic heterocycles. The molecule has 3 rings (SSSR count). The van der Waals surface area contributed by atoms with Crippen molar-refractivity contribution in [3.05, 3.63) is 89.9 Å². The largest absolute Gasteiger partial charge is 0.497 e. The van der Waals surface area contributed by atoms with E-state index in [4.69, 9.17) is 9.15 Å². The van der Waals surface area contributed by atoms with Crippen LogP contribution in [-0.2, 0) is 17.8 Å². The van der Waals surface area contributed by atoms with Crippen molar-refractivity contribution in [2.24, 2.45) is 0 Å². The molecular formula is C25H29NO3. The van der Waals surface area contributed by atoms with Crippen LogP contribution >= 0.6 is 0 Å². The average molecular weight is 392 g/mol. The summed E-state index contributed by atoms with van der Waals surface area (Å²) in [6.45, 7) is 3.11. The van der Waals surface area contributed by atoms with Crippen LogP contribution in [0, 0.1) is 0 Å². The molecule has 0 N–H and O–H groups in total. The summed E-state index contributed by atoms with van der Waals surface area (Å²) < 4.78 is 10.8. The normalized spacial score (nSPS) is 11.8. The van der Waals surface area contributed by atoms with Crippen molar-refractivity contribution in [1.82, 2.24) is 4.90 Å². The van der Waals surface area contributed by atoms with Gasteiger partial charge in [-0.3, -0.25) is 4.79 Å². The molecule has 152 valence electrons. The fourth-order valence-electron chi connectivity index (χ4n) is 3.58. The summed E-state index contributed by atoms with van der Waals surface area (Å²) in [5, 5.41) is 0. The fourth-order valence-corrected chi connectivity index (χ4v) is 3.58. The predicted molar refractivity (Wildman–Crippen MR) is 115 cm³/mol. The monoisotopic (exact) mass is 391 g/mol. The maximum absolute atomic E-state index is 12.5. The lowest BCUT2D eigenvalue weighted by molar-refractivity contribution is -0.131. The maximum Gasteiger partial charge on any atom is 0.222 e. The number of nitrogens with zero attached hydrogens (tertiary/aromatic N) is 1. The Labute approximate surface area is 173 Å². The van der Waals surface area contributed by atoms with Crippen molar-refractivity contribution in [2.75, 3.05) is 13.7 Å². The van der Waals surface area contributed by atoms with E-state index in [1.807, 2.05) is 42.2 Å². The van der Waals surface area contributed by atoms with Gasteiger partial charge in [0.05, 0.1) is 19.9 Å². The quantitative estimate of drug-likeness (QED) is 0.462. The van der Waals surface area contributed by atoms with E-state index < -0.39 is 0 Å². The zero-order valence-electron chi connectivity index (χ0n) is 17.2. The molecule has 1 aromatic heterocycles. The Hall–Kier alpha value is -3.01. The second-order valence-electron chi connectivity index (χ2n) is 7.20. The molecule has 0 fully saturated rings. The molecule has 4 nitrogen and oxygen atoms in total. The molecule has 29 heavy (non-hydrogen) atoms. The Kier molecular flexibility index (Phi) is 7.51. The van der Waals surface area contributed by atoms with Gasteiger partial charge in [0.15, 0.2) is 0 Å². The molecule has 0 bridgehead atoms. The first-order valence-electron chi connectivity index (χ1n) is 10.2. The standard InChI is InChI=1S/C25H29NO3/c1-3-25(27)26(19-24-10-7-17-29-24)16-15-22(18-20-8-5-4-6-9-20)21-11-13-23(28-2)14-12-21/h4-14,17,22H,3,15-16,18-19H2,1-2H3/t22-/m1/s1. The number of carbonyl (C=O) groups excluding carboxylic acids is 1. The maximum atomic E-state index is 12.5. The third-order valence-electron chi connectivity index (χ3n) is 5.24. The van der Waals surface area contributed by atoms with E-state index in [2.05, 4.69) is 36.4 Å². The number of methoxy groups -OCH3 is 1. The smallest absolute Gasteiger partial charge is 0.222 e. The minimum atomic E-state index is 0.148. The molecule has 1 amide bonds. The van der Waals surface area contributed by atoms with Gasteiger partial charge in [-0.2, -0.15) is 0 Å². The summed E-state index contributed by atoms with van der Waals surface area (Å²) in [6.07, 6.45) is 3.96. The number of amides is 1. The average Bonchev–Trinajstić information content (AvgIpc) is 3.29. The Morgan fingerprint density at radius 2 is 1.79 bits per heavy atom. The van der Waals surface area contributed by atoms with Crippen LogP contribution in [-0.4, -0.2) is 24.5 Å². The van der Waals surface area contributed by atoms with Gasteiger partial charge in [0.2, 0.25) is 5.91 Å². The Morgan fingerprint density at radius 1 is 1.03 bits per heavy atom. The van der Waals surface area contributed by atoms with E-state index >= 15 is 0 Å². The molecule has 1 heterocycles. The highest BCUT2D eigenvalue weighted by atomic mass is 16.5. The van der Waals surface area contributed by atoms with Crippen LogP contribution in [0.5, 0.6) is 5.75 Å². The van der Waals surface area contributed by atoms with Crippen molar-refractivity contribution in [3.8, 4) is 5.75 Å². The molecule has 3 aromatic rings. The molecule has 0 unspecified atom stereocenters. The predicted octanol–water partition coefficient (Wildman–Crippen LogP) is 5.44. The molecule has 0 aliphatic rings. The second-order valence-corrected chi connectivity index (χ2v) is 7.20. The van der Waals surface area contributed by atoms with Crippen molar-refractivity contribution >= 4 is 5.91 Å². The number of ether oxygens (including phenoxy) is 1. The first-order chi connectivity index (χ1) is 14.2. The van der Waals surface area contributed by atoms with E-state index in [-0.39, 0.29) is 5.91 Å². The summed E-state index contributed by atoms with van der Waals surface area (Å²) in [5.74, 6) is 2.13. The van der Waals surface area contributed by atoms with Crippen LogP contribution in [0.2, 0.25) is 0 Å². The Bertz CT molecular complexity index is 857. The third kappa shape index (κ3) is 5.98. The zero-order chi connectivity index (χ0) is 20.5. The lowest BCUT2D eigenvalue weighted by Gasteiger charge is -2.25. The highest BCUT2D eigenvalue weighted by Gasteiger charge is 2.18. The minimum Gasteiger partial charge on any atom is -0.497 e.